The lowest BCUT2D eigenvalue weighted by atomic mass is 10.1. The SMILES string of the molecule is CCCCN(CC)CCCCCCCCCCCCCOC=O. The van der Waals surface area contributed by atoms with Gasteiger partial charge in [0.05, 0.1) is 6.61 Å². The van der Waals surface area contributed by atoms with E-state index in [0.717, 1.165) is 6.42 Å². The van der Waals surface area contributed by atoms with Gasteiger partial charge in [0.15, 0.2) is 0 Å². The Labute approximate surface area is 145 Å². The van der Waals surface area contributed by atoms with Crippen molar-refractivity contribution < 1.29 is 9.53 Å². The molecule has 138 valence electrons. The highest BCUT2D eigenvalue weighted by molar-refractivity contribution is 5.36. The summed E-state index contributed by atoms with van der Waals surface area (Å²) in [7, 11) is 0. The lowest BCUT2D eigenvalue weighted by Crippen LogP contribution is -2.25. The molecule has 0 aliphatic carbocycles. The molecule has 0 aromatic heterocycles. The molecule has 3 nitrogen and oxygen atoms in total. The lowest BCUT2D eigenvalue weighted by Gasteiger charge is -2.19. The fourth-order valence-electron chi connectivity index (χ4n) is 2.97. The second kappa shape index (κ2) is 19.5. The maximum atomic E-state index is 9.97. The van der Waals surface area contributed by atoms with E-state index in [1.807, 2.05) is 0 Å². The first-order valence-corrected chi connectivity index (χ1v) is 10.1. The third kappa shape index (κ3) is 17.6. The third-order valence-corrected chi connectivity index (χ3v) is 4.58. The van der Waals surface area contributed by atoms with Crippen molar-refractivity contribution in [1.82, 2.24) is 4.90 Å². The van der Waals surface area contributed by atoms with E-state index < -0.39 is 0 Å². The maximum absolute atomic E-state index is 9.97. The summed E-state index contributed by atoms with van der Waals surface area (Å²) < 4.78 is 4.68. The van der Waals surface area contributed by atoms with E-state index in [9.17, 15) is 4.79 Å². The van der Waals surface area contributed by atoms with Crippen LogP contribution in [0.25, 0.3) is 0 Å². The van der Waals surface area contributed by atoms with E-state index in [2.05, 4.69) is 23.5 Å². The van der Waals surface area contributed by atoms with Crippen LogP contribution in [0.3, 0.4) is 0 Å². The zero-order valence-corrected chi connectivity index (χ0v) is 15.9. The first-order valence-electron chi connectivity index (χ1n) is 10.1. The van der Waals surface area contributed by atoms with Crippen molar-refractivity contribution in [2.24, 2.45) is 0 Å². The summed E-state index contributed by atoms with van der Waals surface area (Å²) >= 11 is 0. The molecule has 0 aromatic carbocycles. The number of carbonyl (C=O) groups excluding carboxylic acids is 1. The average Bonchev–Trinajstić information content (AvgIpc) is 2.57. The highest BCUT2D eigenvalue weighted by atomic mass is 16.5. The Kier molecular flexibility index (Phi) is 19.0. The van der Waals surface area contributed by atoms with Crippen LogP contribution < -0.4 is 0 Å². The standard InChI is InChI=1S/C20H41NO2/c1-3-5-17-21(4-2)18-15-13-11-9-7-6-8-10-12-14-16-19-23-20-22/h20H,3-19H2,1-2H3. The van der Waals surface area contributed by atoms with Crippen LogP contribution in [-0.4, -0.2) is 37.6 Å². The summed E-state index contributed by atoms with van der Waals surface area (Å²) in [5.41, 5.74) is 0. The number of hydrogen-bond donors (Lipinski definition) is 0. The van der Waals surface area contributed by atoms with Crippen molar-refractivity contribution in [2.75, 3.05) is 26.2 Å². The molecular weight excluding hydrogens is 286 g/mol. The molecule has 0 bridgehead atoms. The monoisotopic (exact) mass is 327 g/mol. The molecule has 0 fully saturated rings. The topological polar surface area (TPSA) is 29.5 Å². The lowest BCUT2D eigenvalue weighted by molar-refractivity contribution is -0.128. The number of nitrogens with zero attached hydrogens (tertiary/aromatic N) is 1. The van der Waals surface area contributed by atoms with Gasteiger partial charge in [-0.3, -0.25) is 4.79 Å². The summed E-state index contributed by atoms with van der Waals surface area (Å²) in [6, 6.07) is 0. The number of unbranched alkanes of at least 4 members (excludes halogenated alkanes) is 11. The predicted octanol–water partition coefficient (Wildman–Crippen LogP) is 5.57. The van der Waals surface area contributed by atoms with Crippen LogP contribution in [0, 0.1) is 0 Å². The van der Waals surface area contributed by atoms with Crippen molar-refractivity contribution in [1.29, 1.82) is 0 Å². The van der Waals surface area contributed by atoms with Crippen LogP contribution >= 0.6 is 0 Å². The molecule has 0 amide bonds. The van der Waals surface area contributed by atoms with Crippen LogP contribution in [0.2, 0.25) is 0 Å². The van der Waals surface area contributed by atoms with Crippen LogP contribution in [0.4, 0.5) is 0 Å². The van der Waals surface area contributed by atoms with Gasteiger partial charge in [-0.05, 0) is 38.9 Å². The Morgan fingerprint density at radius 3 is 1.65 bits per heavy atom. The van der Waals surface area contributed by atoms with E-state index in [1.54, 1.807) is 0 Å². The minimum atomic E-state index is 0.547. The van der Waals surface area contributed by atoms with Gasteiger partial charge in [-0.15, -0.1) is 0 Å². The van der Waals surface area contributed by atoms with Gasteiger partial charge in [0.1, 0.15) is 0 Å². The van der Waals surface area contributed by atoms with Crippen molar-refractivity contribution >= 4 is 6.47 Å². The van der Waals surface area contributed by atoms with Gasteiger partial charge in [0, 0.05) is 0 Å². The Hall–Kier alpha value is -0.570. The van der Waals surface area contributed by atoms with Gasteiger partial charge >= 0.3 is 0 Å². The highest BCUT2D eigenvalue weighted by Crippen LogP contribution is 2.11. The van der Waals surface area contributed by atoms with E-state index in [4.69, 9.17) is 0 Å². The van der Waals surface area contributed by atoms with Gasteiger partial charge < -0.3 is 9.64 Å². The zero-order chi connectivity index (χ0) is 17.0. The quantitative estimate of drug-likeness (QED) is 0.229. The highest BCUT2D eigenvalue weighted by Gasteiger charge is 2.00. The maximum Gasteiger partial charge on any atom is 0.293 e. The zero-order valence-electron chi connectivity index (χ0n) is 15.9. The Morgan fingerprint density at radius 1 is 0.696 bits per heavy atom. The molecule has 0 saturated heterocycles. The minimum Gasteiger partial charge on any atom is -0.468 e. The van der Waals surface area contributed by atoms with Crippen LogP contribution in [0.1, 0.15) is 97.3 Å². The first-order chi connectivity index (χ1) is 11.3. The first kappa shape index (κ1) is 22.4. The predicted molar refractivity (Wildman–Crippen MR) is 99.8 cm³/mol. The fourth-order valence-corrected chi connectivity index (χ4v) is 2.97. The molecule has 0 N–H and O–H groups in total. The molecular formula is C20H41NO2. The van der Waals surface area contributed by atoms with Crippen molar-refractivity contribution in [2.45, 2.75) is 97.3 Å². The van der Waals surface area contributed by atoms with Crippen molar-refractivity contribution in [3.05, 3.63) is 0 Å². The normalized spacial score (nSPS) is 11.1. The molecule has 0 aliphatic rings. The molecule has 0 aromatic rings. The fraction of sp³-hybridized carbons (Fsp3) is 0.950. The van der Waals surface area contributed by atoms with Crippen LogP contribution in [0.15, 0.2) is 0 Å². The average molecular weight is 328 g/mol. The van der Waals surface area contributed by atoms with Crippen molar-refractivity contribution in [3.63, 3.8) is 0 Å². The van der Waals surface area contributed by atoms with Gasteiger partial charge in [0.2, 0.25) is 0 Å². The number of carbonyl (C=O) groups is 1. The van der Waals surface area contributed by atoms with E-state index in [-0.39, 0.29) is 0 Å². The Morgan fingerprint density at radius 2 is 1.17 bits per heavy atom. The molecule has 0 unspecified atom stereocenters. The van der Waals surface area contributed by atoms with Crippen molar-refractivity contribution in [3.8, 4) is 0 Å². The summed E-state index contributed by atoms with van der Waals surface area (Å²) in [4.78, 5) is 12.6. The Balaban J connectivity index is 3.13. The molecule has 0 spiro atoms. The molecule has 0 radical (unpaired) electrons. The summed E-state index contributed by atoms with van der Waals surface area (Å²) in [6.07, 6.45) is 17.3. The number of hydrogen-bond acceptors (Lipinski definition) is 3. The van der Waals surface area contributed by atoms with E-state index >= 15 is 0 Å². The second-order valence-corrected chi connectivity index (χ2v) is 6.64. The Bertz CT molecular complexity index is 234. The molecule has 0 atom stereocenters. The molecule has 0 saturated carbocycles. The molecule has 3 heteroatoms. The van der Waals surface area contributed by atoms with Crippen LogP contribution in [0.5, 0.6) is 0 Å². The second-order valence-electron chi connectivity index (χ2n) is 6.64. The number of rotatable bonds is 19. The summed E-state index contributed by atoms with van der Waals surface area (Å²) in [5, 5.41) is 0. The molecule has 0 aliphatic heterocycles. The van der Waals surface area contributed by atoms with Gasteiger partial charge in [-0.25, -0.2) is 0 Å². The number of ether oxygens (including phenoxy) is 1. The van der Waals surface area contributed by atoms with Gasteiger partial charge in [-0.1, -0.05) is 78.1 Å². The largest absolute Gasteiger partial charge is 0.468 e. The summed E-state index contributed by atoms with van der Waals surface area (Å²) in [6.45, 7) is 9.49. The minimum absolute atomic E-state index is 0.547. The molecule has 23 heavy (non-hydrogen) atoms. The van der Waals surface area contributed by atoms with Gasteiger partial charge in [0.25, 0.3) is 6.47 Å². The van der Waals surface area contributed by atoms with Crippen LogP contribution in [-0.2, 0) is 9.53 Å². The third-order valence-electron chi connectivity index (χ3n) is 4.58. The summed E-state index contributed by atoms with van der Waals surface area (Å²) in [5.74, 6) is 0. The molecule has 0 heterocycles. The van der Waals surface area contributed by atoms with E-state index in [1.165, 1.54) is 96.7 Å². The van der Waals surface area contributed by atoms with Gasteiger partial charge in [-0.2, -0.15) is 0 Å². The smallest absolute Gasteiger partial charge is 0.293 e. The van der Waals surface area contributed by atoms with E-state index in [0.29, 0.717) is 13.1 Å². The molecule has 0 rings (SSSR count).